The van der Waals surface area contributed by atoms with Crippen molar-refractivity contribution < 1.29 is 25.2 Å². The van der Waals surface area contributed by atoms with Gasteiger partial charge in [-0.25, -0.2) is 0 Å². The largest absolute Gasteiger partial charge is 0.394 e. The molecule has 0 aliphatic carbocycles. The molecule has 0 saturated carbocycles. The van der Waals surface area contributed by atoms with Crippen molar-refractivity contribution in [2.75, 3.05) is 6.61 Å². The third-order valence-electron chi connectivity index (χ3n) is 11.7. The van der Waals surface area contributed by atoms with Crippen molar-refractivity contribution in [2.24, 2.45) is 0 Å². The lowest BCUT2D eigenvalue weighted by Gasteiger charge is -2.27. The highest BCUT2D eigenvalue weighted by atomic mass is 16.3. The number of aliphatic hydroxyl groups is 4. The Labute approximate surface area is 372 Å². The predicted molar refractivity (Wildman–Crippen MR) is 260 cm³/mol. The first-order valence-corrected chi connectivity index (χ1v) is 25.7. The molecule has 0 fully saturated rings. The smallest absolute Gasteiger partial charge is 0.249 e. The normalized spacial score (nSPS) is 14.4. The molecular formula is C54H99NO5. The van der Waals surface area contributed by atoms with E-state index in [2.05, 4.69) is 79.9 Å². The molecule has 6 nitrogen and oxygen atoms in total. The van der Waals surface area contributed by atoms with Crippen LogP contribution in [0.2, 0.25) is 0 Å². The van der Waals surface area contributed by atoms with Crippen molar-refractivity contribution in [3.8, 4) is 0 Å². The third kappa shape index (κ3) is 41.4. The average Bonchev–Trinajstić information content (AvgIpc) is 3.25. The van der Waals surface area contributed by atoms with E-state index in [1.165, 1.54) is 148 Å². The van der Waals surface area contributed by atoms with Crippen molar-refractivity contribution >= 4 is 5.91 Å². The fourth-order valence-electron chi connectivity index (χ4n) is 7.58. The molecule has 0 aliphatic heterocycles. The van der Waals surface area contributed by atoms with Crippen LogP contribution in [0.15, 0.2) is 60.8 Å². The molecule has 0 saturated heterocycles. The quantitative estimate of drug-likeness (QED) is 0.0310. The molecule has 6 heteroatoms. The maximum absolute atomic E-state index is 12.6. The molecule has 4 unspecified atom stereocenters. The maximum Gasteiger partial charge on any atom is 0.249 e. The van der Waals surface area contributed by atoms with Crippen LogP contribution in [0.25, 0.3) is 0 Å². The van der Waals surface area contributed by atoms with Gasteiger partial charge in [0.25, 0.3) is 0 Å². The molecule has 1 amide bonds. The number of unbranched alkanes of at least 4 members (excludes halogenated alkanes) is 27. The second kappa shape index (κ2) is 48.0. The number of nitrogens with one attached hydrogen (secondary N) is 1. The Morgan fingerprint density at radius 2 is 0.750 bits per heavy atom. The van der Waals surface area contributed by atoms with E-state index in [0.29, 0.717) is 19.3 Å². The predicted octanol–water partition coefficient (Wildman–Crippen LogP) is 14.4. The van der Waals surface area contributed by atoms with Crippen molar-refractivity contribution in [2.45, 2.75) is 269 Å². The van der Waals surface area contributed by atoms with Gasteiger partial charge in [0.15, 0.2) is 0 Å². The highest BCUT2D eigenvalue weighted by Gasteiger charge is 2.28. The summed E-state index contributed by atoms with van der Waals surface area (Å²) in [5.74, 6) is -0.605. The minimum absolute atomic E-state index is 0.349. The van der Waals surface area contributed by atoms with E-state index < -0.39 is 36.9 Å². The van der Waals surface area contributed by atoms with Crippen LogP contribution in [-0.2, 0) is 4.79 Å². The van der Waals surface area contributed by atoms with Gasteiger partial charge in [0.05, 0.1) is 18.8 Å². The molecule has 0 rings (SSSR count). The Kier molecular flexibility index (Phi) is 46.5. The summed E-state index contributed by atoms with van der Waals surface area (Å²) in [7, 11) is 0. The Morgan fingerprint density at radius 3 is 1.15 bits per heavy atom. The van der Waals surface area contributed by atoms with E-state index in [1.54, 1.807) is 0 Å². The lowest BCUT2D eigenvalue weighted by atomic mass is 10.00. The second-order valence-corrected chi connectivity index (χ2v) is 17.5. The lowest BCUT2D eigenvalue weighted by molar-refractivity contribution is -0.132. The summed E-state index contributed by atoms with van der Waals surface area (Å²) in [5.41, 5.74) is 0. The van der Waals surface area contributed by atoms with E-state index in [1.807, 2.05) is 0 Å². The molecule has 5 N–H and O–H groups in total. The Bertz CT molecular complexity index is 1040. The molecule has 350 valence electrons. The summed E-state index contributed by atoms with van der Waals surface area (Å²) < 4.78 is 0. The number of hydrogen-bond donors (Lipinski definition) is 5. The summed E-state index contributed by atoms with van der Waals surface area (Å²) in [5, 5.41) is 43.8. The van der Waals surface area contributed by atoms with Crippen molar-refractivity contribution in [1.29, 1.82) is 0 Å². The number of aliphatic hydroxyl groups excluding tert-OH is 4. The van der Waals surface area contributed by atoms with Gasteiger partial charge in [-0.1, -0.05) is 209 Å². The number of carbonyl (C=O) groups excluding carboxylic acids is 1. The first-order chi connectivity index (χ1) is 29.5. The topological polar surface area (TPSA) is 110 Å². The van der Waals surface area contributed by atoms with E-state index in [9.17, 15) is 25.2 Å². The summed E-state index contributed by atoms with van der Waals surface area (Å²) in [6, 6.07) is -1.02. The van der Waals surface area contributed by atoms with Crippen LogP contribution in [0.4, 0.5) is 0 Å². The van der Waals surface area contributed by atoms with Crippen LogP contribution in [-0.4, -0.2) is 57.3 Å². The summed E-state index contributed by atoms with van der Waals surface area (Å²) >= 11 is 0. The van der Waals surface area contributed by atoms with Crippen molar-refractivity contribution in [3.63, 3.8) is 0 Å². The molecule has 0 aliphatic rings. The first kappa shape index (κ1) is 58.0. The molecule has 0 spiro atoms. The number of carbonyl (C=O) groups is 1. The van der Waals surface area contributed by atoms with Crippen LogP contribution in [0.5, 0.6) is 0 Å². The minimum Gasteiger partial charge on any atom is -0.394 e. The zero-order chi connectivity index (χ0) is 43.8. The number of hydrogen-bond acceptors (Lipinski definition) is 5. The van der Waals surface area contributed by atoms with Gasteiger partial charge in [-0.15, -0.1) is 0 Å². The fourth-order valence-corrected chi connectivity index (χ4v) is 7.58. The van der Waals surface area contributed by atoms with Crippen molar-refractivity contribution in [1.82, 2.24) is 5.32 Å². The molecule has 0 heterocycles. The number of rotatable bonds is 46. The number of allylic oxidation sites excluding steroid dienone is 10. The van der Waals surface area contributed by atoms with E-state index in [0.717, 1.165) is 64.2 Å². The molecular weight excluding hydrogens is 743 g/mol. The average molecular weight is 842 g/mol. The SMILES string of the molecule is CCCCCCCCC/C=C/CC/C=C/CC/C=C/CCCC(O)C(O)C(CO)NC(=O)C(O)CCCCCCCCCC/C=C\C/C=C\CCCCCCCCCCC. The highest BCUT2D eigenvalue weighted by Crippen LogP contribution is 2.15. The maximum atomic E-state index is 12.6. The molecule has 0 aromatic heterocycles. The van der Waals surface area contributed by atoms with Crippen LogP contribution < -0.4 is 5.32 Å². The minimum atomic E-state index is -1.30. The van der Waals surface area contributed by atoms with Crippen molar-refractivity contribution in [3.05, 3.63) is 60.8 Å². The molecule has 0 aromatic carbocycles. The van der Waals surface area contributed by atoms with Crippen LogP contribution >= 0.6 is 0 Å². The van der Waals surface area contributed by atoms with Gasteiger partial charge < -0.3 is 25.7 Å². The van der Waals surface area contributed by atoms with Gasteiger partial charge in [0.2, 0.25) is 5.91 Å². The third-order valence-corrected chi connectivity index (χ3v) is 11.7. The highest BCUT2D eigenvalue weighted by molar-refractivity contribution is 5.80. The van der Waals surface area contributed by atoms with E-state index in [4.69, 9.17) is 0 Å². The summed E-state index contributed by atoms with van der Waals surface area (Å²) in [4.78, 5) is 12.6. The monoisotopic (exact) mass is 842 g/mol. The van der Waals surface area contributed by atoms with Gasteiger partial charge in [-0.2, -0.15) is 0 Å². The van der Waals surface area contributed by atoms with Gasteiger partial charge in [-0.05, 0) is 96.3 Å². The second-order valence-electron chi connectivity index (χ2n) is 17.5. The first-order valence-electron chi connectivity index (χ1n) is 25.7. The van der Waals surface area contributed by atoms with E-state index in [-0.39, 0.29) is 0 Å². The van der Waals surface area contributed by atoms with Gasteiger partial charge in [0.1, 0.15) is 12.2 Å². The molecule has 0 bridgehead atoms. The van der Waals surface area contributed by atoms with E-state index >= 15 is 0 Å². The standard InChI is InChI=1S/C54H99NO5/c1-3-5-7-9-11-13-15-17-19-21-23-25-26-27-28-30-32-34-36-38-40-42-44-46-48-52(58)54(60)55-50(49-56)53(59)51(57)47-45-43-41-39-37-35-33-31-29-24-22-20-18-16-14-12-10-8-6-4-2/h20,22-23,25,27-28,31,33,39,41,50-53,56-59H,3-19,21,24,26,29-30,32,34-38,40,42-49H2,1-2H3,(H,55,60)/b22-20+,25-23-,28-27-,33-31+,41-39+. The molecule has 0 aromatic rings. The van der Waals surface area contributed by atoms with Crippen LogP contribution in [0, 0.1) is 0 Å². The molecule has 60 heavy (non-hydrogen) atoms. The zero-order valence-corrected chi connectivity index (χ0v) is 39.4. The molecule has 4 atom stereocenters. The van der Waals surface area contributed by atoms with Gasteiger partial charge in [-0.3, -0.25) is 4.79 Å². The Morgan fingerprint density at radius 1 is 0.417 bits per heavy atom. The zero-order valence-electron chi connectivity index (χ0n) is 39.4. The van der Waals surface area contributed by atoms with Gasteiger partial charge in [0, 0.05) is 0 Å². The summed E-state index contributed by atoms with van der Waals surface area (Å²) in [6.07, 6.45) is 61.2. The Balaban J connectivity index is 3.78. The van der Waals surface area contributed by atoms with Crippen LogP contribution in [0.1, 0.15) is 245 Å². The summed E-state index contributed by atoms with van der Waals surface area (Å²) in [6.45, 7) is 4.04. The molecule has 0 radical (unpaired) electrons. The lowest BCUT2D eigenvalue weighted by Crippen LogP contribution is -2.53. The Hall–Kier alpha value is -1.99. The fraction of sp³-hybridized carbons (Fsp3) is 0.796. The van der Waals surface area contributed by atoms with Crippen LogP contribution in [0.3, 0.4) is 0 Å². The number of amides is 1. The van der Waals surface area contributed by atoms with Gasteiger partial charge >= 0.3 is 0 Å².